The van der Waals surface area contributed by atoms with E-state index in [0.717, 1.165) is 19.1 Å². The molecule has 1 aromatic rings. The van der Waals surface area contributed by atoms with E-state index in [9.17, 15) is 0 Å². The third kappa shape index (κ3) is 5.33. The maximum Gasteiger partial charge on any atom is 0.0236 e. The largest absolute Gasteiger partial charge is 0.314 e. The van der Waals surface area contributed by atoms with Crippen molar-refractivity contribution in [2.75, 3.05) is 13.1 Å². The minimum absolute atomic E-state index is 0.672. The second-order valence-electron chi connectivity index (χ2n) is 5.77. The van der Waals surface area contributed by atoms with Gasteiger partial charge in [0.2, 0.25) is 0 Å². The van der Waals surface area contributed by atoms with Gasteiger partial charge in [0, 0.05) is 18.6 Å². The highest BCUT2D eigenvalue weighted by atomic mass is 15.1. The molecule has 2 rings (SSSR count). The lowest BCUT2D eigenvalue weighted by molar-refractivity contribution is 0.198. The van der Waals surface area contributed by atoms with E-state index in [1.165, 1.54) is 37.8 Å². The quantitative estimate of drug-likeness (QED) is 0.684. The van der Waals surface area contributed by atoms with Crippen LogP contribution in [0, 0.1) is 0 Å². The fourth-order valence-electron chi connectivity index (χ4n) is 2.57. The Bertz CT molecular complexity index is 346. The molecule has 19 heavy (non-hydrogen) atoms. The van der Waals surface area contributed by atoms with Crippen LogP contribution in [0.1, 0.15) is 45.1 Å². The molecule has 0 amide bonds. The summed E-state index contributed by atoms with van der Waals surface area (Å²) in [6.45, 7) is 8.03. The molecule has 2 nitrogen and oxygen atoms in total. The van der Waals surface area contributed by atoms with E-state index in [1.807, 2.05) is 0 Å². The van der Waals surface area contributed by atoms with Crippen LogP contribution >= 0.6 is 0 Å². The Kier molecular flexibility index (Phi) is 5.87. The zero-order chi connectivity index (χ0) is 13.5. The summed E-state index contributed by atoms with van der Waals surface area (Å²) < 4.78 is 0. The van der Waals surface area contributed by atoms with Gasteiger partial charge >= 0.3 is 0 Å². The molecule has 1 aliphatic carbocycles. The lowest BCUT2D eigenvalue weighted by Gasteiger charge is -2.28. The van der Waals surface area contributed by atoms with Crippen LogP contribution in [0.2, 0.25) is 0 Å². The number of nitrogens with one attached hydrogen (secondary N) is 1. The van der Waals surface area contributed by atoms with Gasteiger partial charge in [0.1, 0.15) is 0 Å². The topological polar surface area (TPSA) is 15.3 Å². The summed E-state index contributed by atoms with van der Waals surface area (Å²) in [7, 11) is 0. The summed E-state index contributed by atoms with van der Waals surface area (Å²) in [5.74, 6) is 0. The second kappa shape index (κ2) is 7.66. The predicted molar refractivity (Wildman–Crippen MR) is 82.2 cm³/mol. The van der Waals surface area contributed by atoms with Crippen LogP contribution in [0.15, 0.2) is 30.3 Å². The summed E-state index contributed by atoms with van der Waals surface area (Å²) >= 11 is 0. The predicted octanol–water partition coefficient (Wildman–Crippen LogP) is 3.43. The van der Waals surface area contributed by atoms with Crippen molar-refractivity contribution in [2.45, 2.75) is 58.2 Å². The summed E-state index contributed by atoms with van der Waals surface area (Å²) in [4.78, 5) is 2.58. The molecule has 2 heteroatoms. The molecule has 0 radical (unpaired) electrons. The molecule has 0 saturated heterocycles. The third-order valence-corrected chi connectivity index (χ3v) is 4.07. The van der Waals surface area contributed by atoms with E-state index in [-0.39, 0.29) is 0 Å². The summed E-state index contributed by atoms with van der Waals surface area (Å²) in [6, 6.07) is 12.3. The van der Waals surface area contributed by atoms with Gasteiger partial charge in [-0.3, -0.25) is 4.90 Å². The van der Waals surface area contributed by atoms with E-state index >= 15 is 0 Å². The normalized spacial score (nSPS) is 16.8. The van der Waals surface area contributed by atoms with Gasteiger partial charge in [-0.05, 0) is 51.3 Å². The Morgan fingerprint density at radius 1 is 1.26 bits per heavy atom. The van der Waals surface area contributed by atoms with E-state index in [2.05, 4.69) is 54.4 Å². The van der Waals surface area contributed by atoms with Gasteiger partial charge < -0.3 is 5.32 Å². The fourth-order valence-corrected chi connectivity index (χ4v) is 2.57. The van der Waals surface area contributed by atoms with Crippen molar-refractivity contribution < 1.29 is 0 Å². The standard InChI is InChI=1S/C17H28N2/c1-3-19(14-16-9-5-4-6-10-16)15(2)8-7-13-18-17-11-12-17/h4-6,9-10,15,17-18H,3,7-8,11-14H2,1-2H3. The van der Waals surface area contributed by atoms with Gasteiger partial charge in [0.05, 0.1) is 0 Å². The van der Waals surface area contributed by atoms with Crippen molar-refractivity contribution in [3.8, 4) is 0 Å². The summed E-state index contributed by atoms with van der Waals surface area (Å²) in [6.07, 6.45) is 5.37. The highest BCUT2D eigenvalue weighted by molar-refractivity contribution is 5.14. The lowest BCUT2D eigenvalue weighted by Crippen LogP contribution is -2.33. The van der Waals surface area contributed by atoms with Crippen LogP contribution < -0.4 is 5.32 Å². The number of nitrogens with zero attached hydrogens (tertiary/aromatic N) is 1. The minimum Gasteiger partial charge on any atom is -0.314 e. The van der Waals surface area contributed by atoms with E-state index in [0.29, 0.717) is 6.04 Å². The van der Waals surface area contributed by atoms with Crippen molar-refractivity contribution >= 4 is 0 Å². The molecule has 0 aliphatic heterocycles. The molecule has 1 atom stereocenters. The average Bonchev–Trinajstić information content (AvgIpc) is 3.26. The Hall–Kier alpha value is -0.860. The van der Waals surface area contributed by atoms with Crippen LogP contribution in [0.25, 0.3) is 0 Å². The molecule has 0 bridgehead atoms. The molecule has 0 spiro atoms. The highest BCUT2D eigenvalue weighted by Gasteiger charge is 2.20. The van der Waals surface area contributed by atoms with Gasteiger partial charge in [0.15, 0.2) is 0 Å². The lowest BCUT2D eigenvalue weighted by atomic mass is 10.1. The zero-order valence-corrected chi connectivity index (χ0v) is 12.4. The molecule has 0 aromatic heterocycles. The molecular weight excluding hydrogens is 232 g/mol. The number of hydrogen-bond acceptors (Lipinski definition) is 2. The van der Waals surface area contributed by atoms with Crippen molar-refractivity contribution in [2.24, 2.45) is 0 Å². The minimum atomic E-state index is 0.672. The second-order valence-corrected chi connectivity index (χ2v) is 5.77. The van der Waals surface area contributed by atoms with Crippen LogP contribution in [0.3, 0.4) is 0 Å². The first-order valence-electron chi connectivity index (χ1n) is 7.81. The Labute approximate surface area is 118 Å². The van der Waals surface area contributed by atoms with Crippen LogP contribution in [0.5, 0.6) is 0 Å². The highest BCUT2D eigenvalue weighted by Crippen LogP contribution is 2.18. The fraction of sp³-hybridized carbons (Fsp3) is 0.647. The van der Waals surface area contributed by atoms with E-state index < -0.39 is 0 Å². The first-order chi connectivity index (χ1) is 9.29. The maximum atomic E-state index is 3.60. The molecule has 0 heterocycles. The van der Waals surface area contributed by atoms with Gasteiger partial charge in [-0.15, -0.1) is 0 Å². The van der Waals surface area contributed by atoms with Crippen molar-refractivity contribution in [3.05, 3.63) is 35.9 Å². The van der Waals surface area contributed by atoms with E-state index in [1.54, 1.807) is 0 Å². The Balaban J connectivity index is 1.69. The molecule has 1 fully saturated rings. The number of rotatable bonds is 9. The summed E-state index contributed by atoms with van der Waals surface area (Å²) in [5.41, 5.74) is 1.42. The molecule has 106 valence electrons. The maximum absolute atomic E-state index is 3.60. The summed E-state index contributed by atoms with van der Waals surface area (Å²) in [5, 5.41) is 3.60. The van der Waals surface area contributed by atoms with Crippen molar-refractivity contribution in [1.82, 2.24) is 10.2 Å². The first-order valence-corrected chi connectivity index (χ1v) is 7.81. The Morgan fingerprint density at radius 3 is 2.63 bits per heavy atom. The molecule has 1 unspecified atom stereocenters. The Morgan fingerprint density at radius 2 is 2.00 bits per heavy atom. The number of benzene rings is 1. The molecule has 1 N–H and O–H groups in total. The smallest absolute Gasteiger partial charge is 0.0236 e. The molecular formula is C17H28N2. The third-order valence-electron chi connectivity index (χ3n) is 4.07. The van der Waals surface area contributed by atoms with Gasteiger partial charge in [-0.1, -0.05) is 37.3 Å². The SMILES string of the molecule is CCN(Cc1ccccc1)C(C)CCCNC1CC1. The molecule has 1 aromatic carbocycles. The van der Waals surface area contributed by atoms with Crippen LogP contribution in [0.4, 0.5) is 0 Å². The first kappa shape index (κ1) is 14.5. The molecule has 1 aliphatic rings. The van der Waals surface area contributed by atoms with Gasteiger partial charge in [-0.2, -0.15) is 0 Å². The molecule has 1 saturated carbocycles. The van der Waals surface area contributed by atoms with Crippen LogP contribution in [-0.4, -0.2) is 30.1 Å². The average molecular weight is 260 g/mol. The van der Waals surface area contributed by atoms with Crippen LogP contribution in [-0.2, 0) is 6.54 Å². The van der Waals surface area contributed by atoms with E-state index in [4.69, 9.17) is 0 Å². The van der Waals surface area contributed by atoms with Crippen molar-refractivity contribution in [1.29, 1.82) is 0 Å². The van der Waals surface area contributed by atoms with Crippen molar-refractivity contribution in [3.63, 3.8) is 0 Å². The van der Waals surface area contributed by atoms with Gasteiger partial charge in [0.25, 0.3) is 0 Å². The van der Waals surface area contributed by atoms with Gasteiger partial charge in [-0.25, -0.2) is 0 Å². The number of hydrogen-bond donors (Lipinski definition) is 1. The monoisotopic (exact) mass is 260 g/mol. The zero-order valence-electron chi connectivity index (χ0n) is 12.4.